The highest BCUT2D eigenvalue weighted by atomic mass is 35.5. The zero-order chi connectivity index (χ0) is 21.7. The first kappa shape index (κ1) is 20.1. The second kappa shape index (κ2) is 7.70. The number of amides is 1. The SMILES string of the molecule is Cc1ccc2c3c([nH]c2c1)CCC(NC(=O)c1c(Cl)cc(-n2cnc(C)n2)cc1Cl)C3. The highest BCUT2D eigenvalue weighted by Crippen LogP contribution is 2.31. The number of rotatable bonds is 3. The maximum absolute atomic E-state index is 13.0. The number of aromatic nitrogens is 4. The molecule has 1 amide bonds. The first-order valence-electron chi connectivity index (χ1n) is 10.2. The molecule has 0 fully saturated rings. The molecule has 2 aromatic heterocycles. The van der Waals surface area contributed by atoms with Crippen molar-refractivity contribution in [1.29, 1.82) is 0 Å². The van der Waals surface area contributed by atoms with E-state index in [2.05, 4.69) is 45.5 Å². The quantitative estimate of drug-likeness (QED) is 0.460. The molecule has 1 atom stereocenters. The van der Waals surface area contributed by atoms with Crippen LogP contribution in [-0.4, -0.2) is 31.7 Å². The van der Waals surface area contributed by atoms with Crippen LogP contribution in [0.2, 0.25) is 10.0 Å². The minimum absolute atomic E-state index is 0.0186. The molecule has 2 N–H and O–H groups in total. The molecule has 0 radical (unpaired) electrons. The molecule has 1 aliphatic carbocycles. The molecule has 1 aliphatic rings. The molecule has 2 aromatic carbocycles. The Morgan fingerprint density at radius 3 is 2.68 bits per heavy atom. The number of H-pyrrole nitrogens is 1. The Morgan fingerprint density at radius 1 is 1.19 bits per heavy atom. The summed E-state index contributed by atoms with van der Waals surface area (Å²) in [6, 6.07) is 9.82. The fourth-order valence-electron chi connectivity index (χ4n) is 4.30. The van der Waals surface area contributed by atoms with E-state index in [9.17, 15) is 4.79 Å². The summed E-state index contributed by atoms with van der Waals surface area (Å²) in [5, 5.41) is 9.19. The lowest BCUT2D eigenvalue weighted by Gasteiger charge is -2.24. The van der Waals surface area contributed by atoms with E-state index in [0.29, 0.717) is 11.5 Å². The number of halogens is 2. The van der Waals surface area contributed by atoms with E-state index in [1.807, 2.05) is 0 Å². The topological polar surface area (TPSA) is 75.6 Å². The van der Waals surface area contributed by atoms with Gasteiger partial charge in [0.05, 0.1) is 21.3 Å². The Balaban J connectivity index is 1.38. The number of hydrogen-bond donors (Lipinski definition) is 2. The summed E-state index contributed by atoms with van der Waals surface area (Å²) >= 11 is 12.9. The van der Waals surface area contributed by atoms with Crippen LogP contribution in [0.1, 0.15) is 39.4 Å². The molecule has 2 heterocycles. The van der Waals surface area contributed by atoms with E-state index in [-0.39, 0.29) is 27.6 Å². The van der Waals surface area contributed by atoms with Crippen molar-refractivity contribution in [2.24, 2.45) is 0 Å². The Hall–Kier alpha value is -2.83. The molecule has 31 heavy (non-hydrogen) atoms. The maximum atomic E-state index is 13.0. The Labute approximate surface area is 189 Å². The second-order valence-corrected chi connectivity index (χ2v) is 8.88. The van der Waals surface area contributed by atoms with Gasteiger partial charge in [0.25, 0.3) is 5.91 Å². The van der Waals surface area contributed by atoms with Crippen molar-refractivity contribution in [1.82, 2.24) is 25.1 Å². The van der Waals surface area contributed by atoms with Crippen molar-refractivity contribution < 1.29 is 4.79 Å². The molecule has 6 nitrogen and oxygen atoms in total. The van der Waals surface area contributed by atoms with E-state index < -0.39 is 0 Å². The van der Waals surface area contributed by atoms with Crippen molar-refractivity contribution in [2.75, 3.05) is 0 Å². The summed E-state index contributed by atoms with van der Waals surface area (Å²) in [4.78, 5) is 20.7. The number of hydrogen-bond acceptors (Lipinski definition) is 3. The highest BCUT2D eigenvalue weighted by Gasteiger charge is 2.26. The van der Waals surface area contributed by atoms with Crippen LogP contribution < -0.4 is 5.32 Å². The van der Waals surface area contributed by atoms with Gasteiger partial charge in [0, 0.05) is 22.6 Å². The van der Waals surface area contributed by atoms with Crippen molar-refractivity contribution in [3.8, 4) is 5.69 Å². The third-order valence-corrected chi connectivity index (χ3v) is 6.40. The molecule has 5 rings (SSSR count). The van der Waals surface area contributed by atoms with Crippen LogP contribution in [0.3, 0.4) is 0 Å². The van der Waals surface area contributed by atoms with Gasteiger partial charge in [-0.3, -0.25) is 4.79 Å². The molecular weight excluding hydrogens is 433 g/mol. The van der Waals surface area contributed by atoms with Crippen molar-refractivity contribution in [3.05, 3.63) is 74.9 Å². The van der Waals surface area contributed by atoms with Gasteiger partial charge in [-0.05, 0) is 62.4 Å². The Morgan fingerprint density at radius 2 is 1.97 bits per heavy atom. The normalized spacial score (nSPS) is 15.8. The fourth-order valence-corrected chi connectivity index (χ4v) is 4.95. The third kappa shape index (κ3) is 3.70. The number of carbonyl (C=O) groups excluding carboxylic acids is 1. The molecule has 0 aliphatic heterocycles. The number of carbonyl (C=O) groups is 1. The van der Waals surface area contributed by atoms with E-state index in [1.165, 1.54) is 22.2 Å². The van der Waals surface area contributed by atoms with Gasteiger partial charge in [0.2, 0.25) is 0 Å². The molecule has 4 aromatic rings. The lowest BCUT2D eigenvalue weighted by atomic mass is 9.91. The second-order valence-electron chi connectivity index (χ2n) is 8.07. The van der Waals surface area contributed by atoms with Crippen LogP contribution in [0.15, 0.2) is 36.7 Å². The zero-order valence-electron chi connectivity index (χ0n) is 17.2. The van der Waals surface area contributed by atoms with Crippen LogP contribution >= 0.6 is 23.2 Å². The number of fused-ring (bicyclic) bond motifs is 3. The molecule has 8 heteroatoms. The number of benzene rings is 2. The van der Waals surface area contributed by atoms with Gasteiger partial charge < -0.3 is 10.3 Å². The lowest BCUT2D eigenvalue weighted by Crippen LogP contribution is -2.39. The minimum Gasteiger partial charge on any atom is -0.358 e. The Bertz CT molecular complexity index is 1300. The monoisotopic (exact) mass is 453 g/mol. The number of nitrogens with one attached hydrogen (secondary N) is 2. The third-order valence-electron chi connectivity index (χ3n) is 5.80. The summed E-state index contributed by atoms with van der Waals surface area (Å²) in [7, 11) is 0. The minimum atomic E-state index is -0.263. The summed E-state index contributed by atoms with van der Waals surface area (Å²) in [5.41, 5.74) is 5.86. The van der Waals surface area contributed by atoms with Gasteiger partial charge in [0.15, 0.2) is 0 Å². The largest absolute Gasteiger partial charge is 0.358 e. The molecule has 0 bridgehead atoms. The molecule has 0 saturated heterocycles. The van der Waals surface area contributed by atoms with Crippen LogP contribution in [0.4, 0.5) is 0 Å². The van der Waals surface area contributed by atoms with Gasteiger partial charge in [-0.15, -0.1) is 0 Å². The van der Waals surface area contributed by atoms with E-state index in [0.717, 1.165) is 24.8 Å². The van der Waals surface area contributed by atoms with Gasteiger partial charge >= 0.3 is 0 Å². The van der Waals surface area contributed by atoms with Gasteiger partial charge in [0.1, 0.15) is 12.2 Å². The summed E-state index contributed by atoms with van der Waals surface area (Å²) < 4.78 is 1.58. The first-order valence-corrected chi connectivity index (χ1v) is 10.9. The maximum Gasteiger partial charge on any atom is 0.254 e. The van der Waals surface area contributed by atoms with E-state index in [4.69, 9.17) is 23.2 Å². The van der Waals surface area contributed by atoms with E-state index in [1.54, 1.807) is 30.1 Å². The fraction of sp³-hybridized carbons (Fsp3) is 0.261. The summed E-state index contributed by atoms with van der Waals surface area (Å²) in [6.45, 7) is 3.89. The average molecular weight is 454 g/mol. The van der Waals surface area contributed by atoms with Crippen LogP contribution in [0.25, 0.3) is 16.6 Å². The molecular formula is C23H21Cl2N5O. The number of aryl methyl sites for hydroxylation is 3. The average Bonchev–Trinajstić information content (AvgIpc) is 3.30. The number of aromatic amines is 1. The van der Waals surface area contributed by atoms with E-state index >= 15 is 0 Å². The lowest BCUT2D eigenvalue weighted by molar-refractivity contribution is 0.0934. The summed E-state index contributed by atoms with van der Waals surface area (Å²) in [5.74, 6) is 0.374. The number of nitrogens with zero attached hydrogens (tertiary/aromatic N) is 3. The zero-order valence-corrected chi connectivity index (χ0v) is 18.7. The Kier molecular flexibility index (Phi) is 4.99. The van der Waals surface area contributed by atoms with Crippen LogP contribution in [0.5, 0.6) is 0 Å². The predicted molar refractivity (Wildman–Crippen MR) is 122 cm³/mol. The standard InChI is InChI=1S/C23H21Cl2N5O/c1-12-3-5-16-17-8-14(4-6-20(17)28-21(16)7-12)27-23(31)22-18(24)9-15(10-19(22)25)30-11-26-13(2)29-30/h3,5,7,9-11,14,28H,4,6,8H2,1-2H3,(H,27,31). The first-order chi connectivity index (χ1) is 14.9. The van der Waals surface area contributed by atoms with Gasteiger partial charge in [-0.2, -0.15) is 5.10 Å². The molecule has 158 valence electrons. The highest BCUT2D eigenvalue weighted by molar-refractivity contribution is 6.40. The molecule has 0 saturated carbocycles. The predicted octanol–water partition coefficient (Wildman–Crippen LogP) is 4.96. The smallest absolute Gasteiger partial charge is 0.254 e. The molecule has 0 spiro atoms. The van der Waals surface area contributed by atoms with Crippen LogP contribution in [0, 0.1) is 13.8 Å². The molecule has 1 unspecified atom stereocenters. The van der Waals surface area contributed by atoms with Crippen molar-refractivity contribution >= 4 is 40.0 Å². The van der Waals surface area contributed by atoms with Gasteiger partial charge in [-0.25, -0.2) is 9.67 Å². The van der Waals surface area contributed by atoms with Gasteiger partial charge in [-0.1, -0.05) is 35.3 Å². The van der Waals surface area contributed by atoms with Crippen LogP contribution in [-0.2, 0) is 12.8 Å². The van der Waals surface area contributed by atoms with Crippen molar-refractivity contribution in [2.45, 2.75) is 39.2 Å². The van der Waals surface area contributed by atoms with Crippen molar-refractivity contribution in [3.63, 3.8) is 0 Å². The summed E-state index contributed by atoms with van der Waals surface area (Å²) in [6.07, 6.45) is 4.10.